The molecule has 0 unspecified atom stereocenters. The lowest BCUT2D eigenvalue weighted by Gasteiger charge is -2.13. The highest BCUT2D eigenvalue weighted by atomic mass is 16.7. The topological polar surface area (TPSA) is 99.8 Å². The molecular weight excluding hydrogens is 386 g/mol. The monoisotopic (exact) mass is 405 g/mol. The van der Waals surface area contributed by atoms with Crippen molar-refractivity contribution in [2.24, 2.45) is 0 Å². The summed E-state index contributed by atoms with van der Waals surface area (Å²) in [5, 5.41) is 11.1. The first kappa shape index (κ1) is 18.2. The number of hydrogen-bond donors (Lipinski definition) is 1. The second-order valence-corrected chi connectivity index (χ2v) is 7.37. The fraction of sp³-hybridized carbons (Fsp3) is 0.238. The number of rotatable bonds is 4. The Hall–Kier alpha value is -3.88. The van der Waals surface area contributed by atoms with E-state index in [4.69, 9.17) is 9.47 Å². The van der Waals surface area contributed by atoms with Crippen LogP contribution < -0.4 is 20.3 Å². The SMILES string of the molecule is CC(C)c1nnc2c(=O)n(CC(=O)Nc3ccc4c(c3)OCO4)c3ccccc3n12. The Morgan fingerprint density at radius 3 is 2.67 bits per heavy atom. The van der Waals surface area contributed by atoms with Crippen LogP contribution in [0.4, 0.5) is 5.69 Å². The van der Waals surface area contributed by atoms with E-state index >= 15 is 0 Å². The standard InChI is InChI=1S/C21H19N5O4/c1-12(2)19-23-24-20-21(28)25(14-5-3-4-6-15(14)26(19)20)10-18(27)22-13-7-8-16-17(9-13)30-11-29-16/h3-9,12H,10-11H2,1-2H3,(H,22,27). The molecule has 3 heterocycles. The Kier molecular flexibility index (Phi) is 4.16. The van der Waals surface area contributed by atoms with Crippen molar-refractivity contribution < 1.29 is 14.3 Å². The summed E-state index contributed by atoms with van der Waals surface area (Å²) in [5.74, 6) is 1.66. The first-order valence-electron chi connectivity index (χ1n) is 9.59. The van der Waals surface area contributed by atoms with Crippen LogP contribution in [0.1, 0.15) is 25.6 Å². The zero-order chi connectivity index (χ0) is 20.8. The smallest absolute Gasteiger partial charge is 0.297 e. The van der Waals surface area contributed by atoms with Gasteiger partial charge in [-0.05, 0) is 24.3 Å². The van der Waals surface area contributed by atoms with E-state index in [0.29, 0.717) is 28.5 Å². The van der Waals surface area contributed by atoms with Gasteiger partial charge in [-0.1, -0.05) is 26.0 Å². The van der Waals surface area contributed by atoms with Crippen LogP contribution in [0.25, 0.3) is 16.7 Å². The van der Waals surface area contributed by atoms with Crippen LogP contribution in [0.3, 0.4) is 0 Å². The second-order valence-electron chi connectivity index (χ2n) is 7.37. The predicted molar refractivity (Wildman–Crippen MR) is 110 cm³/mol. The van der Waals surface area contributed by atoms with Crippen molar-refractivity contribution in [3.63, 3.8) is 0 Å². The van der Waals surface area contributed by atoms with Gasteiger partial charge in [-0.15, -0.1) is 10.2 Å². The number of nitrogens with one attached hydrogen (secondary N) is 1. The first-order valence-corrected chi connectivity index (χ1v) is 9.59. The lowest BCUT2D eigenvalue weighted by molar-refractivity contribution is -0.116. The number of para-hydroxylation sites is 2. The van der Waals surface area contributed by atoms with E-state index in [-0.39, 0.29) is 36.4 Å². The summed E-state index contributed by atoms with van der Waals surface area (Å²) in [4.78, 5) is 25.9. The lowest BCUT2D eigenvalue weighted by Crippen LogP contribution is -2.29. The molecule has 5 rings (SSSR count). The first-order chi connectivity index (χ1) is 14.5. The van der Waals surface area contributed by atoms with Crippen molar-refractivity contribution in [1.82, 2.24) is 19.2 Å². The molecule has 2 aromatic heterocycles. The fourth-order valence-electron chi connectivity index (χ4n) is 3.63. The van der Waals surface area contributed by atoms with Crippen molar-refractivity contribution in [1.29, 1.82) is 0 Å². The molecule has 0 spiro atoms. The van der Waals surface area contributed by atoms with E-state index in [9.17, 15) is 9.59 Å². The summed E-state index contributed by atoms with van der Waals surface area (Å²) >= 11 is 0. The molecule has 0 saturated heterocycles. The van der Waals surface area contributed by atoms with Crippen molar-refractivity contribution in [2.45, 2.75) is 26.3 Å². The third kappa shape index (κ3) is 2.86. The van der Waals surface area contributed by atoms with Gasteiger partial charge in [0.1, 0.15) is 12.4 Å². The molecule has 9 nitrogen and oxygen atoms in total. The molecule has 1 aliphatic rings. The minimum Gasteiger partial charge on any atom is -0.454 e. The molecule has 0 aliphatic carbocycles. The molecule has 0 fully saturated rings. The van der Waals surface area contributed by atoms with E-state index in [1.165, 1.54) is 4.57 Å². The maximum atomic E-state index is 13.1. The maximum absolute atomic E-state index is 13.1. The van der Waals surface area contributed by atoms with Gasteiger partial charge in [0.05, 0.1) is 11.0 Å². The van der Waals surface area contributed by atoms with Crippen LogP contribution in [-0.2, 0) is 11.3 Å². The van der Waals surface area contributed by atoms with Crippen molar-refractivity contribution >= 4 is 28.3 Å². The third-order valence-electron chi connectivity index (χ3n) is 5.01. The van der Waals surface area contributed by atoms with Gasteiger partial charge in [0.15, 0.2) is 11.5 Å². The Morgan fingerprint density at radius 2 is 1.87 bits per heavy atom. The van der Waals surface area contributed by atoms with Gasteiger partial charge in [-0.2, -0.15) is 0 Å². The molecule has 0 atom stereocenters. The quantitative estimate of drug-likeness (QED) is 0.560. The minimum atomic E-state index is -0.367. The Morgan fingerprint density at radius 1 is 1.10 bits per heavy atom. The Bertz CT molecular complexity index is 1360. The van der Waals surface area contributed by atoms with Crippen molar-refractivity contribution in [3.8, 4) is 11.5 Å². The predicted octanol–water partition coefficient (Wildman–Crippen LogP) is 2.54. The van der Waals surface area contributed by atoms with E-state index in [1.54, 1.807) is 22.6 Å². The Balaban J connectivity index is 1.54. The van der Waals surface area contributed by atoms with Crippen LogP contribution in [0, 0.1) is 0 Å². The fourth-order valence-corrected chi connectivity index (χ4v) is 3.63. The number of ether oxygens (including phenoxy) is 2. The molecule has 1 amide bonds. The average Bonchev–Trinajstić information content (AvgIpc) is 3.38. The number of hydrogen-bond acceptors (Lipinski definition) is 6. The molecule has 1 aliphatic heterocycles. The number of anilines is 1. The molecule has 2 aromatic carbocycles. The summed E-state index contributed by atoms with van der Waals surface area (Å²) in [6.07, 6.45) is 0. The maximum Gasteiger partial charge on any atom is 0.297 e. The summed E-state index contributed by atoms with van der Waals surface area (Å²) in [5.41, 5.74) is 1.81. The zero-order valence-electron chi connectivity index (χ0n) is 16.5. The van der Waals surface area contributed by atoms with Crippen LogP contribution in [0.2, 0.25) is 0 Å². The molecule has 1 N–H and O–H groups in total. The van der Waals surface area contributed by atoms with E-state index < -0.39 is 0 Å². The highest BCUT2D eigenvalue weighted by molar-refractivity contribution is 5.92. The van der Waals surface area contributed by atoms with Crippen LogP contribution >= 0.6 is 0 Å². The number of nitrogens with zero attached hydrogens (tertiary/aromatic N) is 4. The van der Waals surface area contributed by atoms with E-state index in [2.05, 4.69) is 15.5 Å². The summed E-state index contributed by atoms with van der Waals surface area (Å²) < 4.78 is 13.8. The molecule has 9 heteroatoms. The number of amides is 1. The lowest BCUT2D eigenvalue weighted by atomic mass is 10.2. The van der Waals surface area contributed by atoms with Crippen LogP contribution in [-0.4, -0.2) is 31.9 Å². The third-order valence-corrected chi connectivity index (χ3v) is 5.01. The van der Waals surface area contributed by atoms with Gasteiger partial charge >= 0.3 is 0 Å². The summed E-state index contributed by atoms with van der Waals surface area (Å²) in [6.45, 7) is 3.99. The van der Waals surface area contributed by atoms with Crippen molar-refractivity contribution in [2.75, 3.05) is 12.1 Å². The Labute approximate surface area is 170 Å². The largest absolute Gasteiger partial charge is 0.454 e. The number of carbonyl (C=O) groups excluding carboxylic acids is 1. The van der Waals surface area contributed by atoms with E-state index in [0.717, 1.165) is 5.52 Å². The number of benzene rings is 2. The number of fused-ring (bicyclic) bond motifs is 4. The zero-order valence-corrected chi connectivity index (χ0v) is 16.5. The average molecular weight is 405 g/mol. The summed E-state index contributed by atoms with van der Waals surface area (Å²) in [6, 6.07) is 12.6. The number of carbonyl (C=O) groups is 1. The molecule has 0 bridgehead atoms. The highest BCUT2D eigenvalue weighted by Gasteiger charge is 2.20. The van der Waals surface area contributed by atoms with Gasteiger partial charge in [0.25, 0.3) is 5.56 Å². The van der Waals surface area contributed by atoms with Gasteiger partial charge in [0, 0.05) is 17.7 Å². The summed E-state index contributed by atoms with van der Waals surface area (Å²) in [7, 11) is 0. The minimum absolute atomic E-state index is 0.0907. The molecular formula is C21H19N5O4. The van der Waals surface area contributed by atoms with E-state index in [1.807, 2.05) is 38.1 Å². The second kappa shape index (κ2) is 6.87. The van der Waals surface area contributed by atoms with Gasteiger partial charge in [-0.3, -0.25) is 18.6 Å². The van der Waals surface area contributed by atoms with Crippen LogP contribution in [0.5, 0.6) is 11.5 Å². The van der Waals surface area contributed by atoms with Gasteiger partial charge < -0.3 is 14.8 Å². The van der Waals surface area contributed by atoms with Gasteiger partial charge in [-0.25, -0.2) is 0 Å². The van der Waals surface area contributed by atoms with Crippen LogP contribution in [0.15, 0.2) is 47.3 Å². The van der Waals surface area contributed by atoms with Gasteiger partial charge in [0.2, 0.25) is 18.3 Å². The highest BCUT2D eigenvalue weighted by Crippen LogP contribution is 2.34. The molecule has 4 aromatic rings. The normalized spacial score (nSPS) is 12.8. The molecule has 30 heavy (non-hydrogen) atoms. The molecule has 0 radical (unpaired) electrons. The number of aromatic nitrogens is 4. The van der Waals surface area contributed by atoms with Crippen molar-refractivity contribution in [3.05, 3.63) is 58.6 Å². The molecule has 152 valence electrons. The molecule has 0 saturated carbocycles.